The Hall–Kier alpha value is -2.33. The van der Waals surface area contributed by atoms with Crippen LogP contribution < -0.4 is 0 Å². The number of fused-ring (bicyclic) bond motifs is 5. The second kappa shape index (κ2) is 6.33. The number of aromatic hydroxyl groups is 1. The molecule has 0 radical (unpaired) electrons. The first-order chi connectivity index (χ1) is 13.8. The fourth-order valence-electron chi connectivity index (χ4n) is 7.06. The van der Waals surface area contributed by atoms with Crippen LogP contribution in [0, 0.1) is 17.3 Å². The SMILES string of the molecule is C[C@]12CC[C@@H]3c4ccc(O)cc4CC[C@H]3[C@@H]1CCC2(O)c1ccccc1C(=O)O. The third kappa shape index (κ3) is 2.51. The Balaban J connectivity index is 1.55. The number of hydrogen-bond acceptors (Lipinski definition) is 3. The van der Waals surface area contributed by atoms with Gasteiger partial charge in [0.15, 0.2) is 0 Å². The van der Waals surface area contributed by atoms with Crippen molar-refractivity contribution in [2.75, 3.05) is 0 Å². The lowest BCUT2D eigenvalue weighted by atomic mass is 9.52. The van der Waals surface area contributed by atoms with Gasteiger partial charge in [-0.2, -0.15) is 0 Å². The van der Waals surface area contributed by atoms with E-state index in [9.17, 15) is 20.1 Å². The smallest absolute Gasteiger partial charge is 0.336 e. The lowest BCUT2D eigenvalue weighted by Crippen LogP contribution is -2.49. The van der Waals surface area contributed by atoms with Gasteiger partial charge in [0.2, 0.25) is 0 Å². The van der Waals surface area contributed by atoms with Gasteiger partial charge in [-0.1, -0.05) is 31.2 Å². The number of aryl methyl sites for hydroxylation is 1. The van der Waals surface area contributed by atoms with Gasteiger partial charge in [-0.05, 0) is 91.2 Å². The van der Waals surface area contributed by atoms with Crippen molar-refractivity contribution in [2.24, 2.45) is 17.3 Å². The number of aromatic carboxylic acids is 1. The van der Waals surface area contributed by atoms with Crippen molar-refractivity contribution in [1.29, 1.82) is 0 Å². The minimum atomic E-state index is -1.10. The predicted octanol–water partition coefficient (Wildman–Crippen LogP) is 4.83. The Morgan fingerprint density at radius 1 is 1.07 bits per heavy atom. The molecule has 5 rings (SSSR count). The van der Waals surface area contributed by atoms with E-state index in [1.165, 1.54) is 11.1 Å². The molecule has 0 heterocycles. The Bertz CT molecular complexity index is 983. The van der Waals surface area contributed by atoms with Crippen LogP contribution in [0.1, 0.15) is 72.0 Å². The summed E-state index contributed by atoms with van der Waals surface area (Å²) < 4.78 is 0. The largest absolute Gasteiger partial charge is 0.508 e. The van der Waals surface area contributed by atoms with Crippen LogP contribution in [0.5, 0.6) is 5.75 Å². The molecule has 0 aliphatic heterocycles. The molecular weight excluding hydrogens is 364 g/mol. The molecule has 0 amide bonds. The molecule has 3 aliphatic rings. The average molecular weight is 392 g/mol. The number of carbonyl (C=O) groups is 1. The molecule has 2 aromatic rings. The summed E-state index contributed by atoms with van der Waals surface area (Å²) in [4.78, 5) is 11.8. The highest BCUT2D eigenvalue weighted by molar-refractivity contribution is 5.89. The van der Waals surface area contributed by atoms with Crippen molar-refractivity contribution >= 4 is 5.97 Å². The normalized spacial score (nSPS) is 35.4. The number of aliphatic hydroxyl groups is 1. The first-order valence-electron chi connectivity index (χ1n) is 10.7. The van der Waals surface area contributed by atoms with Gasteiger partial charge in [0.25, 0.3) is 0 Å². The molecule has 0 aromatic heterocycles. The first kappa shape index (κ1) is 18.7. The van der Waals surface area contributed by atoms with Crippen LogP contribution >= 0.6 is 0 Å². The minimum absolute atomic E-state index is 0.225. The molecule has 0 spiro atoms. The summed E-state index contributed by atoms with van der Waals surface area (Å²) in [6.07, 6.45) is 5.44. The van der Waals surface area contributed by atoms with Crippen molar-refractivity contribution < 1.29 is 20.1 Å². The molecule has 0 bridgehead atoms. The van der Waals surface area contributed by atoms with E-state index in [4.69, 9.17) is 0 Å². The van der Waals surface area contributed by atoms with Gasteiger partial charge in [-0.25, -0.2) is 4.79 Å². The highest BCUT2D eigenvalue weighted by Crippen LogP contribution is 2.67. The van der Waals surface area contributed by atoms with E-state index < -0.39 is 11.6 Å². The molecule has 152 valence electrons. The highest BCUT2D eigenvalue weighted by Gasteiger charge is 2.62. The summed E-state index contributed by atoms with van der Waals surface area (Å²) in [7, 11) is 0. The van der Waals surface area contributed by atoms with Crippen LogP contribution in [0.15, 0.2) is 42.5 Å². The van der Waals surface area contributed by atoms with Gasteiger partial charge in [0.1, 0.15) is 5.75 Å². The molecule has 3 aliphatic carbocycles. The second-order valence-corrected chi connectivity index (χ2v) is 9.50. The zero-order valence-electron chi connectivity index (χ0n) is 16.8. The topological polar surface area (TPSA) is 77.8 Å². The number of rotatable bonds is 2. The molecule has 3 N–H and O–H groups in total. The lowest BCUT2D eigenvalue weighted by Gasteiger charge is -2.53. The van der Waals surface area contributed by atoms with Crippen molar-refractivity contribution in [3.63, 3.8) is 0 Å². The number of benzene rings is 2. The van der Waals surface area contributed by atoms with E-state index in [1.807, 2.05) is 18.2 Å². The summed E-state index contributed by atoms with van der Waals surface area (Å²) in [6, 6.07) is 12.8. The molecular formula is C25H28O4. The fourth-order valence-corrected chi connectivity index (χ4v) is 7.06. The van der Waals surface area contributed by atoms with Crippen LogP contribution in [0.4, 0.5) is 0 Å². The Morgan fingerprint density at radius 3 is 2.66 bits per heavy atom. The Morgan fingerprint density at radius 2 is 1.86 bits per heavy atom. The zero-order chi connectivity index (χ0) is 20.4. The van der Waals surface area contributed by atoms with Gasteiger partial charge in [-0.15, -0.1) is 0 Å². The molecule has 5 atom stereocenters. The Labute approximate surface area is 171 Å². The third-order valence-electron chi connectivity index (χ3n) is 8.46. The van der Waals surface area contributed by atoms with E-state index in [2.05, 4.69) is 13.0 Å². The maximum absolute atomic E-state index is 12.0. The van der Waals surface area contributed by atoms with Gasteiger partial charge < -0.3 is 15.3 Å². The van der Waals surface area contributed by atoms with E-state index in [1.54, 1.807) is 18.2 Å². The first-order valence-corrected chi connectivity index (χ1v) is 10.7. The van der Waals surface area contributed by atoms with Gasteiger partial charge in [0, 0.05) is 5.41 Å². The van der Waals surface area contributed by atoms with E-state index in [-0.39, 0.29) is 11.0 Å². The zero-order valence-corrected chi connectivity index (χ0v) is 16.8. The van der Waals surface area contributed by atoms with E-state index in [0.717, 1.165) is 32.1 Å². The van der Waals surface area contributed by atoms with Gasteiger partial charge >= 0.3 is 5.97 Å². The predicted molar refractivity (Wildman–Crippen MR) is 110 cm³/mol. The van der Waals surface area contributed by atoms with E-state index >= 15 is 0 Å². The molecule has 1 unspecified atom stereocenters. The van der Waals surface area contributed by atoms with Crippen molar-refractivity contribution in [3.8, 4) is 5.75 Å². The van der Waals surface area contributed by atoms with Gasteiger partial charge in [-0.3, -0.25) is 0 Å². The molecule has 2 fully saturated rings. The quantitative estimate of drug-likeness (QED) is 0.684. The molecule has 2 aromatic carbocycles. The van der Waals surface area contributed by atoms with E-state index in [0.29, 0.717) is 35.5 Å². The standard InChI is InChI=1S/C25H28O4/c1-24-12-10-18-17-9-7-16(26)14-15(17)6-8-19(18)21(24)11-13-25(24,29)22-5-3-2-4-20(22)23(27)28/h2-5,7,9,14,18-19,21,26,29H,6,8,10-13H2,1H3,(H,27,28)/t18-,19-,21+,24+,25?/m1/s1. The van der Waals surface area contributed by atoms with Crippen LogP contribution in [0.25, 0.3) is 0 Å². The average Bonchev–Trinajstić information content (AvgIpc) is 2.99. The summed E-state index contributed by atoms with van der Waals surface area (Å²) in [5.74, 6) is 0.700. The van der Waals surface area contributed by atoms with Crippen molar-refractivity contribution in [1.82, 2.24) is 0 Å². The summed E-state index contributed by atoms with van der Waals surface area (Å²) in [6.45, 7) is 2.19. The van der Waals surface area contributed by atoms with Crippen molar-refractivity contribution in [2.45, 2.75) is 57.0 Å². The number of phenolic OH excluding ortho intramolecular Hbond substituents is 1. The van der Waals surface area contributed by atoms with Crippen LogP contribution in [0.3, 0.4) is 0 Å². The highest BCUT2D eigenvalue weighted by atomic mass is 16.4. The molecule has 29 heavy (non-hydrogen) atoms. The maximum atomic E-state index is 12.0. The number of phenols is 1. The number of carboxylic acids is 1. The van der Waals surface area contributed by atoms with Crippen molar-refractivity contribution in [3.05, 3.63) is 64.7 Å². The fraction of sp³-hybridized carbons (Fsp3) is 0.480. The molecule has 0 saturated heterocycles. The Kier molecular flexibility index (Phi) is 4.08. The minimum Gasteiger partial charge on any atom is -0.508 e. The molecule has 4 heteroatoms. The summed E-state index contributed by atoms with van der Waals surface area (Å²) in [5.41, 5.74) is 2.00. The number of carboxylic acid groups (broad SMARTS) is 1. The van der Waals surface area contributed by atoms with Crippen LogP contribution in [-0.2, 0) is 12.0 Å². The summed E-state index contributed by atoms with van der Waals surface area (Å²) in [5, 5.41) is 31.5. The van der Waals surface area contributed by atoms with Crippen LogP contribution in [-0.4, -0.2) is 21.3 Å². The second-order valence-electron chi connectivity index (χ2n) is 9.50. The third-order valence-corrected chi connectivity index (χ3v) is 8.46. The number of hydrogen-bond donors (Lipinski definition) is 3. The monoisotopic (exact) mass is 392 g/mol. The lowest BCUT2D eigenvalue weighted by molar-refractivity contribution is -0.109. The van der Waals surface area contributed by atoms with Crippen LogP contribution in [0.2, 0.25) is 0 Å². The molecule has 2 saturated carbocycles. The molecule has 4 nitrogen and oxygen atoms in total. The van der Waals surface area contributed by atoms with Gasteiger partial charge in [0.05, 0.1) is 11.2 Å². The summed E-state index contributed by atoms with van der Waals surface area (Å²) >= 11 is 0. The maximum Gasteiger partial charge on any atom is 0.336 e.